The Morgan fingerprint density at radius 2 is 1.88 bits per heavy atom. The van der Waals surface area contributed by atoms with Gasteiger partial charge in [0.1, 0.15) is 16.9 Å². The molecule has 1 aromatic carbocycles. The van der Waals surface area contributed by atoms with Crippen LogP contribution in [-0.4, -0.2) is 20.3 Å². The van der Waals surface area contributed by atoms with Gasteiger partial charge in [-0.1, -0.05) is 30.3 Å². The van der Waals surface area contributed by atoms with E-state index in [1.165, 1.54) is 0 Å². The third-order valence-electron chi connectivity index (χ3n) is 3.56. The maximum atomic E-state index is 13.9. The zero-order chi connectivity index (χ0) is 12.3. The maximum absolute atomic E-state index is 13.9. The predicted molar refractivity (Wildman–Crippen MR) is 66.6 cm³/mol. The first-order valence-corrected chi connectivity index (χ1v) is 7.35. The molecule has 17 heavy (non-hydrogen) atoms. The first kappa shape index (κ1) is 12.6. The molecule has 4 heteroatoms. The number of thiol groups is 1. The summed E-state index contributed by atoms with van der Waals surface area (Å²) in [4.78, 5) is 0. The van der Waals surface area contributed by atoms with E-state index in [0.29, 0.717) is 6.42 Å². The van der Waals surface area contributed by atoms with Crippen LogP contribution >= 0.6 is 0 Å². The van der Waals surface area contributed by atoms with Gasteiger partial charge in [0.15, 0.2) is 0 Å². The molecule has 0 radical (unpaired) electrons. The van der Waals surface area contributed by atoms with Gasteiger partial charge < -0.3 is 0 Å². The molecule has 1 fully saturated rings. The van der Waals surface area contributed by atoms with Crippen LogP contribution in [0.3, 0.4) is 0 Å². The van der Waals surface area contributed by atoms with Gasteiger partial charge in [-0.2, -0.15) is 0 Å². The van der Waals surface area contributed by atoms with Crippen molar-refractivity contribution in [3.8, 4) is 0 Å². The number of benzene rings is 1. The van der Waals surface area contributed by atoms with Crippen molar-refractivity contribution in [1.82, 2.24) is 0 Å². The van der Waals surface area contributed by atoms with Crippen LogP contribution in [0, 0.1) is 5.92 Å². The summed E-state index contributed by atoms with van der Waals surface area (Å²) >= 11 is 0. The van der Waals surface area contributed by atoms with Crippen LogP contribution in [0.25, 0.3) is 0 Å². The van der Waals surface area contributed by atoms with Gasteiger partial charge in [0.05, 0.1) is 5.75 Å². The first-order chi connectivity index (χ1) is 8.18. The molecule has 1 aliphatic carbocycles. The molecular weight excluding hydrogens is 239 g/mol. The molecule has 1 aliphatic rings. The molecule has 94 valence electrons. The van der Waals surface area contributed by atoms with E-state index >= 15 is 0 Å². The largest absolute Gasteiger partial charge is 0.247 e. The Kier molecular flexibility index (Phi) is 4.15. The maximum Gasteiger partial charge on any atom is 0.140 e. The molecule has 0 bridgehead atoms. The fraction of sp³-hybridized carbons (Fsp3) is 0.538. The molecule has 2 nitrogen and oxygen atoms in total. The minimum absolute atomic E-state index is 0.0317. The predicted octanol–water partition coefficient (Wildman–Crippen LogP) is 2.52. The van der Waals surface area contributed by atoms with Gasteiger partial charge in [-0.15, -0.1) is 0 Å². The molecular formula is C13H17FO2S. The lowest BCUT2D eigenvalue weighted by Crippen LogP contribution is -2.31. The van der Waals surface area contributed by atoms with E-state index in [9.17, 15) is 12.8 Å². The summed E-state index contributed by atoms with van der Waals surface area (Å²) in [6.07, 6.45) is 1.24. The van der Waals surface area contributed by atoms with Gasteiger partial charge >= 0.3 is 0 Å². The molecule has 1 aromatic rings. The first-order valence-electron chi connectivity index (χ1n) is 5.99. The Bertz CT molecular complexity index is 422. The molecule has 0 aromatic heterocycles. The van der Waals surface area contributed by atoms with Gasteiger partial charge in [0.25, 0.3) is 0 Å². The zero-order valence-electron chi connectivity index (χ0n) is 9.59. The average Bonchev–Trinajstić information content (AvgIpc) is 2.32. The van der Waals surface area contributed by atoms with E-state index in [-0.39, 0.29) is 17.6 Å². The van der Waals surface area contributed by atoms with Crippen molar-refractivity contribution in [3.63, 3.8) is 0 Å². The van der Waals surface area contributed by atoms with Crippen molar-refractivity contribution >= 4 is 10.7 Å². The smallest absolute Gasteiger partial charge is 0.140 e. The Labute approximate surface area is 103 Å². The van der Waals surface area contributed by atoms with Crippen molar-refractivity contribution in [2.45, 2.75) is 31.4 Å². The third-order valence-corrected chi connectivity index (χ3v) is 4.28. The van der Waals surface area contributed by atoms with E-state index in [1.54, 1.807) is 0 Å². The van der Waals surface area contributed by atoms with Crippen LogP contribution in [0.5, 0.6) is 0 Å². The molecule has 0 spiro atoms. The van der Waals surface area contributed by atoms with E-state index in [2.05, 4.69) is 0 Å². The topological polar surface area (TPSA) is 34.1 Å². The van der Waals surface area contributed by atoms with Gasteiger partial charge in [0.2, 0.25) is 0 Å². The second kappa shape index (κ2) is 5.63. The van der Waals surface area contributed by atoms with Crippen molar-refractivity contribution in [2.75, 3.05) is 5.75 Å². The van der Waals surface area contributed by atoms with Crippen LogP contribution in [0.15, 0.2) is 30.3 Å². The average molecular weight is 256 g/mol. The summed E-state index contributed by atoms with van der Waals surface area (Å²) < 4.78 is 35.6. The van der Waals surface area contributed by atoms with E-state index in [4.69, 9.17) is 0 Å². The highest BCUT2D eigenvalue weighted by molar-refractivity contribution is 7.72. The second-order valence-electron chi connectivity index (χ2n) is 4.64. The summed E-state index contributed by atoms with van der Waals surface area (Å²) in [7, 11) is -2.51. The lowest BCUT2D eigenvalue weighted by Gasteiger charge is -2.33. The molecule has 0 amide bonds. The van der Waals surface area contributed by atoms with Crippen molar-refractivity contribution in [1.29, 1.82) is 0 Å². The van der Waals surface area contributed by atoms with Gasteiger partial charge in [0, 0.05) is 5.92 Å². The number of hydrogen-bond donors (Lipinski definition) is 1. The number of hydrogen-bond acceptors (Lipinski definition) is 2. The normalized spacial score (nSPS) is 29.4. The van der Waals surface area contributed by atoms with Gasteiger partial charge in [-0.25, -0.2) is 12.8 Å². The van der Waals surface area contributed by atoms with Crippen molar-refractivity contribution in [2.24, 2.45) is 5.92 Å². The van der Waals surface area contributed by atoms with Crippen LogP contribution in [0.4, 0.5) is 4.39 Å². The van der Waals surface area contributed by atoms with Crippen LogP contribution in [-0.2, 0) is 10.7 Å². The molecule has 0 N–H and O–H groups in total. The summed E-state index contributed by atoms with van der Waals surface area (Å²) in [5.41, 5.74) is 1.07. The SMILES string of the molecule is O=[SH](=O)CC1C(F)CCCC1c1ccccc1. The summed E-state index contributed by atoms with van der Waals surface area (Å²) in [6, 6.07) is 9.69. The lowest BCUT2D eigenvalue weighted by molar-refractivity contribution is 0.159. The molecule has 0 heterocycles. The van der Waals surface area contributed by atoms with E-state index in [1.807, 2.05) is 30.3 Å². The minimum atomic E-state index is -2.51. The monoisotopic (exact) mass is 256 g/mol. The van der Waals surface area contributed by atoms with Crippen molar-refractivity contribution < 1.29 is 12.8 Å². The Morgan fingerprint density at radius 3 is 2.53 bits per heavy atom. The fourth-order valence-corrected chi connectivity index (χ4v) is 3.57. The summed E-state index contributed by atoms with van der Waals surface area (Å²) in [5, 5.41) is 0. The number of rotatable bonds is 3. The van der Waals surface area contributed by atoms with Crippen LogP contribution < -0.4 is 0 Å². The number of alkyl halides is 1. The lowest BCUT2D eigenvalue weighted by atomic mass is 9.75. The highest BCUT2D eigenvalue weighted by Gasteiger charge is 2.34. The van der Waals surface area contributed by atoms with Crippen LogP contribution in [0.1, 0.15) is 30.7 Å². The summed E-state index contributed by atoms with van der Waals surface area (Å²) in [6.45, 7) is 0. The highest BCUT2D eigenvalue weighted by Crippen LogP contribution is 2.39. The van der Waals surface area contributed by atoms with Crippen molar-refractivity contribution in [3.05, 3.63) is 35.9 Å². The van der Waals surface area contributed by atoms with E-state index in [0.717, 1.165) is 18.4 Å². The Hall–Kier alpha value is -0.900. The fourth-order valence-electron chi connectivity index (χ4n) is 2.74. The van der Waals surface area contributed by atoms with E-state index < -0.39 is 16.9 Å². The van der Waals surface area contributed by atoms with Gasteiger partial charge in [-0.3, -0.25) is 0 Å². The van der Waals surface area contributed by atoms with Gasteiger partial charge in [-0.05, 0) is 30.7 Å². The Balaban J connectivity index is 2.23. The zero-order valence-corrected chi connectivity index (χ0v) is 10.5. The molecule has 2 rings (SSSR count). The second-order valence-corrected chi connectivity index (χ2v) is 5.67. The molecule has 1 saturated carbocycles. The molecule has 0 saturated heterocycles. The third kappa shape index (κ3) is 3.06. The standard InChI is InChI=1S/C13H17FO2S/c14-13-8-4-7-11(12(13)9-17(15)16)10-5-2-1-3-6-10/h1-3,5-6,11-13,17H,4,7-9H2. The molecule has 3 unspecified atom stereocenters. The Morgan fingerprint density at radius 1 is 1.18 bits per heavy atom. The number of halogens is 1. The summed E-state index contributed by atoms with van der Waals surface area (Å²) in [5.74, 6) is -0.351. The quantitative estimate of drug-likeness (QED) is 0.843. The molecule has 3 atom stereocenters. The highest BCUT2D eigenvalue weighted by atomic mass is 32.2. The van der Waals surface area contributed by atoms with Crippen LogP contribution in [0.2, 0.25) is 0 Å². The minimum Gasteiger partial charge on any atom is -0.247 e. The molecule has 0 aliphatic heterocycles.